The number of hydrogen-bond donors (Lipinski definition) is 3. The van der Waals surface area contributed by atoms with Crippen LogP contribution in [0.15, 0.2) is 48.2 Å². The molecule has 0 bridgehead atoms. The van der Waals surface area contributed by atoms with Gasteiger partial charge in [-0.3, -0.25) is 4.79 Å². The van der Waals surface area contributed by atoms with Crippen molar-refractivity contribution in [3.8, 4) is 11.8 Å². The molecule has 1 aliphatic carbocycles. The molecule has 1 amide bonds. The molecule has 5 nitrogen and oxygen atoms in total. The van der Waals surface area contributed by atoms with Gasteiger partial charge in [0.15, 0.2) is 0 Å². The van der Waals surface area contributed by atoms with Crippen molar-refractivity contribution in [1.82, 2.24) is 5.32 Å². The fourth-order valence-electron chi connectivity index (χ4n) is 3.39. The first kappa shape index (κ1) is 17.8. The molecule has 26 heavy (non-hydrogen) atoms. The fraction of sp³-hybridized carbons (Fsp3) is 0.333. The molecule has 0 radical (unpaired) electrons. The number of phenolic OH excluding ortho intramolecular Hbond substituents is 1. The lowest BCUT2D eigenvalue weighted by Crippen LogP contribution is -2.25. The minimum absolute atomic E-state index is 0.0476. The van der Waals surface area contributed by atoms with Gasteiger partial charge < -0.3 is 15.7 Å². The van der Waals surface area contributed by atoms with E-state index < -0.39 is 5.91 Å². The number of phenols is 1. The lowest BCUT2D eigenvalue weighted by atomic mass is 10.1. The maximum Gasteiger partial charge on any atom is 0.267 e. The van der Waals surface area contributed by atoms with E-state index in [2.05, 4.69) is 10.6 Å². The van der Waals surface area contributed by atoms with Crippen LogP contribution in [0, 0.1) is 11.3 Å². The molecule has 0 atom stereocenters. The predicted molar refractivity (Wildman–Crippen MR) is 103 cm³/mol. The Morgan fingerprint density at radius 2 is 1.77 bits per heavy atom. The van der Waals surface area contributed by atoms with Crippen LogP contribution in [0.3, 0.4) is 0 Å². The molecular formula is C21H23N3O2. The average Bonchev–Trinajstić information content (AvgIpc) is 2.92. The highest BCUT2D eigenvalue weighted by Crippen LogP contribution is 2.30. The molecule has 2 aromatic rings. The van der Waals surface area contributed by atoms with Gasteiger partial charge in [0.25, 0.3) is 5.91 Å². The molecule has 1 saturated carbocycles. The van der Waals surface area contributed by atoms with Crippen LogP contribution in [0.25, 0.3) is 10.8 Å². The van der Waals surface area contributed by atoms with E-state index in [4.69, 9.17) is 0 Å². The number of hydrogen-bond acceptors (Lipinski definition) is 4. The van der Waals surface area contributed by atoms with E-state index in [-0.39, 0.29) is 11.3 Å². The molecule has 2 aromatic carbocycles. The highest BCUT2D eigenvalue weighted by Gasteiger charge is 2.14. The van der Waals surface area contributed by atoms with Gasteiger partial charge in [0.2, 0.25) is 0 Å². The number of nitrogens with one attached hydrogen (secondary N) is 2. The highest BCUT2D eigenvalue weighted by molar-refractivity contribution is 6.11. The number of benzene rings is 2. The van der Waals surface area contributed by atoms with Gasteiger partial charge >= 0.3 is 0 Å². The molecule has 0 saturated heterocycles. The number of fused-ring (bicyclic) bond motifs is 1. The number of aromatic hydroxyl groups is 1. The minimum Gasteiger partial charge on any atom is -0.507 e. The largest absolute Gasteiger partial charge is 0.507 e. The normalized spacial score (nSPS) is 15.9. The second kappa shape index (κ2) is 8.39. The topological polar surface area (TPSA) is 85.2 Å². The van der Waals surface area contributed by atoms with Crippen LogP contribution in [0.4, 0.5) is 5.69 Å². The molecule has 1 fully saturated rings. The van der Waals surface area contributed by atoms with Crippen LogP contribution in [-0.2, 0) is 4.79 Å². The zero-order valence-corrected chi connectivity index (χ0v) is 14.7. The van der Waals surface area contributed by atoms with Crippen LogP contribution in [0.2, 0.25) is 0 Å². The van der Waals surface area contributed by atoms with E-state index in [1.54, 1.807) is 30.3 Å². The quantitative estimate of drug-likeness (QED) is 0.439. The van der Waals surface area contributed by atoms with Crippen molar-refractivity contribution in [3.05, 3.63) is 48.2 Å². The third kappa shape index (κ3) is 4.15. The zero-order valence-electron chi connectivity index (χ0n) is 14.7. The second-order valence-electron chi connectivity index (χ2n) is 6.66. The summed E-state index contributed by atoms with van der Waals surface area (Å²) in [7, 11) is 0. The standard InChI is InChI=1S/C21H23N3O2/c22-13-15(14-23-16-7-3-1-2-4-8-16)21(26)24-19-11-5-10-18-17(19)9-6-12-20(18)25/h5-6,9-12,14,16,23,25H,1-4,7-8H2,(H,24,26)/b15-14-. The number of rotatable bonds is 4. The smallest absolute Gasteiger partial charge is 0.267 e. The summed E-state index contributed by atoms with van der Waals surface area (Å²) in [6, 6.07) is 12.8. The zero-order chi connectivity index (χ0) is 18.4. The van der Waals surface area contributed by atoms with Gasteiger partial charge in [-0.1, -0.05) is 49.9 Å². The average molecular weight is 349 g/mol. The molecule has 0 aliphatic heterocycles. The summed E-state index contributed by atoms with van der Waals surface area (Å²) in [5.41, 5.74) is 0.616. The Morgan fingerprint density at radius 3 is 2.50 bits per heavy atom. The van der Waals surface area contributed by atoms with E-state index in [0.29, 0.717) is 17.1 Å². The number of carbonyl (C=O) groups is 1. The Labute approximate surface area is 153 Å². The van der Waals surface area contributed by atoms with Gasteiger partial charge in [-0.2, -0.15) is 5.26 Å². The number of anilines is 1. The van der Waals surface area contributed by atoms with E-state index >= 15 is 0 Å². The third-order valence-corrected chi connectivity index (χ3v) is 4.83. The lowest BCUT2D eigenvalue weighted by Gasteiger charge is -2.14. The first-order valence-corrected chi connectivity index (χ1v) is 9.07. The van der Waals surface area contributed by atoms with E-state index in [1.807, 2.05) is 12.1 Å². The van der Waals surface area contributed by atoms with Crippen molar-refractivity contribution in [2.75, 3.05) is 5.32 Å². The van der Waals surface area contributed by atoms with Gasteiger partial charge in [0.1, 0.15) is 17.4 Å². The van der Waals surface area contributed by atoms with E-state index in [1.165, 1.54) is 31.9 Å². The highest BCUT2D eigenvalue weighted by atomic mass is 16.3. The molecule has 3 N–H and O–H groups in total. The number of amides is 1. The summed E-state index contributed by atoms with van der Waals surface area (Å²) in [5, 5.41) is 26.7. The first-order valence-electron chi connectivity index (χ1n) is 9.07. The molecule has 0 heterocycles. The van der Waals surface area contributed by atoms with Crippen molar-refractivity contribution in [2.24, 2.45) is 0 Å². The molecule has 134 valence electrons. The molecule has 1 aliphatic rings. The summed E-state index contributed by atoms with van der Waals surface area (Å²) >= 11 is 0. The molecule has 3 rings (SSSR count). The van der Waals surface area contributed by atoms with Gasteiger partial charge in [-0.15, -0.1) is 0 Å². The van der Waals surface area contributed by atoms with Crippen molar-refractivity contribution >= 4 is 22.4 Å². The maximum atomic E-state index is 12.5. The molecule has 0 unspecified atom stereocenters. The van der Waals surface area contributed by atoms with E-state index in [0.717, 1.165) is 18.2 Å². The molecular weight excluding hydrogens is 326 g/mol. The Bertz CT molecular complexity index is 859. The summed E-state index contributed by atoms with van der Waals surface area (Å²) in [6.07, 6.45) is 8.54. The monoisotopic (exact) mass is 349 g/mol. The maximum absolute atomic E-state index is 12.5. The van der Waals surface area contributed by atoms with Gasteiger partial charge in [0.05, 0.1) is 0 Å². The van der Waals surface area contributed by atoms with Crippen LogP contribution >= 0.6 is 0 Å². The SMILES string of the molecule is N#C/C(=C/NC1CCCCCC1)C(=O)Nc1cccc2c(O)cccc12. The minimum atomic E-state index is -0.454. The van der Waals surface area contributed by atoms with Crippen LogP contribution in [-0.4, -0.2) is 17.1 Å². The van der Waals surface area contributed by atoms with Crippen molar-refractivity contribution in [3.63, 3.8) is 0 Å². The van der Waals surface area contributed by atoms with Gasteiger partial charge in [-0.05, 0) is 25.0 Å². The lowest BCUT2D eigenvalue weighted by molar-refractivity contribution is -0.112. The summed E-state index contributed by atoms with van der Waals surface area (Å²) < 4.78 is 0. The summed E-state index contributed by atoms with van der Waals surface area (Å²) in [6.45, 7) is 0. The number of nitrogens with zero attached hydrogens (tertiary/aromatic N) is 1. The van der Waals surface area contributed by atoms with Crippen molar-refractivity contribution < 1.29 is 9.90 Å². The van der Waals surface area contributed by atoms with E-state index in [9.17, 15) is 15.2 Å². The second-order valence-corrected chi connectivity index (χ2v) is 6.66. The number of nitriles is 1. The molecule has 0 spiro atoms. The fourth-order valence-corrected chi connectivity index (χ4v) is 3.39. The van der Waals surface area contributed by atoms with Gasteiger partial charge in [-0.25, -0.2) is 0 Å². The van der Waals surface area contributed by atoms with Crippen molar-refractivity contribution in [2.45, 2.75) is 44.6 Å². The Balaban J connectivity index is 1.74. The summed E-state index contributed by atoms with van der Waals surface area (Å²) in [4.78, 5) is 12.5. The van der Waals surface area contributed by atoms with Crippen molar-refractivity contribution in [1.29, 1.82) is 5.26 Å². The Kier molecular flexibility index (Phi) is 5.75. The molecule has 0 aromatic heterocycles. The van der Waals surface area contributed by atoms with Gasteiger partial charge in [0, 0.05) is 28.7 Å². The van der Waals surface area contributed by atoms with Crippen LogP contribution < -0.4 is 10.6 Å². The Hall–Kier alpha value is -3.00. The van der Waals surface area contributed by atoms with Crippen LogP contribution in [0.5, 0.6) is 5.75 Å². The third-order valence-electron chi connectivity index (χ3n) is 4.83. The number of carbonyl (C=O) groups excluding carboxylic acids is 1. The Morgan fingerprint density at radius 1 is 1.08 bits per heavy atom. The summed E-state index contributed by atoms with van der Waals surface area (Å²) in [5.74, 6) is -0.297. The first-order chi connectivity index (χ1) is 12.7. The van der Waals surface area contributed by atoms with Crippen LogP contribution in [0.1, 0.15) is 38.5 Å². The predicted octanol–water partition coefficient (Wildman–Crippen LogP) is 4.20. The molecule has 5 heteroatoms.